The van der Waals surface area contributed by atoms with Gasteiger partial charge in [-0.05, 0) is 61.2 Å². The van der Waals surface area contributed by atoms with E-state index in [-0.39, 0.29) is 11.9 Å². The maximum Gasteiger partial charge on any atom is 0.251 e. The third-order valence-corrected chi connectivity index (χ3v) is 5.86. The molecule has 1 N–H and O–H groups in total. The van der Waals surface area contributed by atoms with Crippen LogP contribution in [0, 0.1) is 5.92 Å². The van der Waals surface area contributed by atoms with Crippen molar-refractivity contribution in [3.63, 3.8) is 0 Å². The van der Waals surface area contributed by atoms with Gasteiger partial charge in [-0.2, -0.15) is 0 Å². The van der Waals surface area contributed by atoms with Gasteiger partial charge in [-0.15, -0.1) is 0 Å². The summed E-state index contributed by atoms with van der Waals surface area (Å²) in [7, 11) is 0. The summed E-state index contributed by atoms with van der Waals surface area (Å²) < 4.78 is 11.1. The van der Waals surface area contributed by atoms with Gasteiger partial charge >= 0.3 is 0 Å². The second-order valence-electron chi connectivity index (χ2n) is 7.92. The molecule has 5 rings (SSSR count). The van der Waals surface area contributed by atoms with Gasteiger partial charge < -0.3 is 14.2 Å². The normalized spacial score (nSPS) is 19.1. The van der Waals surface area contributed by atoms with Crippen LogP contribution >= 0.6 is 0 Å². The number of nitrogens with zero attached hydrogens (tertiary/aromatic N) is 2. The van der Waals surface area contributed by atoms with Gasteiger partial charge in [0.15, 0.2) is 11.5 Å². The molecule has 0 radical (unpaired) electrons. The first-order chi connectivity index (χ1) is 14.7. The van der Waals surface area contributed by atoms with E-state index in [4.69, 9.17) is 18.8 Å². The highest BCUT2D eigenvalue weighted by Crippen LogP contribution is 2.32. The average Bonchev–Trinajstić information content (AvgIpc) is 3.48. The fraction of sp³-hybridized carbons (Fsp3) is 0.292. The fourth-order valence-corrected chi connectivity index (χ4v) is 4.15. The Balaban J connectivity index is 1.53. The molecule has 1 amide bonds. The van der Waals surface area contributed by atoms with Gasteiger partial charge in [0.2, 0.25) is 0 Å². The Bertz CT molecular complexity index is 1170. The van der Waals surface area contributed by atoms with Gasteiger partial charge in [-0.1, -0.05) is 19.8 Å². The zero-order chi connectivity index (χ0) is 20.5. The summed E-state index contributed by atoms with van der Waals surface area (Å²) in [6, 6.07) is 13.0. The molecule has 0 spiro atoms. The number of carbonyl (C=O) groups excluding carboxylic acids is 1. The Morgan fingerprint density at radius 1 is 0.933 bits per heavy atom. The number of rotatable bonds is 4. The van der Waals surface area contributed by atoms with Crippen molar-refractivity contribution in [2.24, 2.45) is 5.92 Å². The summed E-state index contributed by atoms with van der Waals surface area (Å²) in [4.78, 5) is 22.4. The van der Waals surface area contributed by atoms with Gasteiger partial charge in [-0.25, -0.2) is 9.97 Å². The smallest absolute Gasteiger partial charge is 0.251 e. The molecule has 30 heavy (non-hydrogen) atoms. The lowest BCUT2D eigenvalue weighted by molar-refractivity contribution is 0.0910. The third kappa shape index (κ3) is 3.49. The Morgan fingerprint density at radius 2 is 1.60 bits per heavy atom. The molecule has 1 fully saturated rings. The number of hydrogen-bond acceptors (Lipinski definition) is 5. The molecule has 152 valence electrons. The van der Waals surface area contributed by atoms with E-state index in [1.807, 2.05) is 30.3 Å². The highest BCUT2D eigenvalue weighted by atomic mass is 16.3. The van der Waals surface area contributed by atoms with Crippen molar-refractivity contribution in [3.05, 3.63) is 60.6 Å². The Kier molecular flexibility index (Phi) is 4.83. The molecule has 1 saturated carbocycles. The van der Waals surface area contributed by atoms with Crippen LogP contribution in [0.3, 0.4) is 0 Å². The van der Waals surface area contributed by atoms with Crippen molar-refractivity contribution >= 4 is 16.9 Å². The first-order valence-electron chi connectivity index (χ1n) is 10.4. The largest absolute Gasteiger partial charge is 0.463 e. The minimum absolute atomic E-state index is 0.0629. The zero-order valence-corrected chi connectivity index (χ0v) is 16.8. The van der Waals surface area contributed by atoms with Crippen LogP contribution < -0.4 is 5.32 Å². The number of hydrogen-bond donors (Lipinski definition) is 1. The molecular formula is C24H23N3O3. The molecule has 3 heterocycles. The van der Waals surface area contributed by atoms with Gasteiger partial charge in [0.1, 0.15) is 11.4 Å². The Morgan fingerprint density at radius 3 is 2.23 bits per heavy atom. The van der Waals surface area contributed by atoms with E-state index in [9.17, 15) is 4.79 Å². The van der Waals surface area contributed by atoms with Gasteiger partial charge in [-0.3, -0.25) is 4.79 Å². The van der Waals surface area contributed by atoms with Crippen LogP contribution in [0.25, 0.3) is 33.9 Å². The highest BCUT2D eigenvalue weighted by Gasteiger charge is 2.24. The van der Waals surface area contributed by atoms with E-state index in [1.54, 1.807) is 24.7 Å². The van der Waals surface area contributed by atoms with E-state index in [0.717, 1.165) is 12.8 Å². The molecule has 1 aliphatic rings. The summed E-state index contributed by atoms with van der Waals surface area (Å²) in [5.41, 5.74) is 3.11. The monoisotopic (exact) mass is 401 g/mol. The molecule has 4 aromatic rings. The lowest BCUT2D eigenvalue weighted by Gasteiger charge is -2.29. The number of furan rings is 2. The second-order valence-corrected chi connectivity index (χ2v) is 7.92. The fourth-order valence-electron chi connectivity index (χ4n) is 4.15. The molecule has 0 saturated heterocycles. The predicted octanol–water partition coefficient (Wildman–Crippen LogP) is 5.46. The number of benzene rings is 1. The van der Waals surface area contributed by atoms with Gasteiger partial charge in [0.25, 0.3) is 5.91 Å². The van der Waals surface area contributed by atoms with Crippen LogP contribution in [0.15, 0.2) is 63.8 Å². The van der Waals surface area contributed by atoms with Crippen LogP contribution in [0.4, 0.5) is 0 Å². The zero-order valence-electron chi connectivity index (χ0n) is 16.8. The first-order valence-corrected chi connectivity index (χ1v) is 10.4. The van der Waals surface area contributed by atoms with Crippen LogP contribution in [0.2, 0.25) is 0 Å². The second kappa shape index (κ2) is 7.78. The summed E-state index contributed by atoms with van der Waals surface area (Å²) in [6.07, 6.45) is 7.81. The van der Waals surface area contributed by atoms with Crippen molar-refractivity contribution in [1.29, 1.82) is 0 Å². The van der Waals surface area contributed by atoms with Crippen LogP contribution in [-0.2, 0) is 0 Å². The molecule has 0 unspecified atom stereocenters. The average molecular weight is 401 g/mol. The topological polar surface area (TPSA) is 81.2 Å². The summed E-state index contributed by atoms with van der Waals surface area (Å²) in [6.45, 7) is 2.21. The molecule has 6 heteroatoms. The predicted molar refractivity (Wildman–Crippen MR) is 114 cm³/mol. The molecule has 1 aliphatic carbocycles. The highest BCUT2D eigenvalue weighted by molar-refractivity contribution is 5.98. The minimum atomic E-state index is -0.0629. The number of amides is 1. The van der Waals surface area contributed by atoms with Crippen LogP contribution in [0.5, 0.6) is 0 Å². The van der Waals surface area contributed by atoms with Crippen molar-refractivity contribution in [3.8, 4) is 22.9 Å². The standard InChI is InChI=1S/C24H23N3O3/c1-15-6-2-3-7-17(15)27-24(28)16-10-11-18-19(14-16)26-23(21-9-5-13-30-21)22(25-18)20-8-4-12-29-20/h4-5,8-15,17H,2-3,6-7H2,1H3,(H,27,28)/t15-,17+/m0/s1. The van der Waals surface area contributed by atoms with E-state index >= 15 is 0 Å². The van der Waals surface area contributed by atoms with E-state index in [0.29, 0.717) is 45.4 Å². The summed E-state index contributed by atoms with van der Waals surface area (Å²) in [5, 5.41) is 3.20. The minimum Gasteiger partial charge on any atom is -0.463 e. The van der Waals surface area contributed by atoms with Crippen molar-refractivity contribution in [1.82, 2.24) is 15.3 Å². The van der Waals surface area contributed by atoms with Gasteiger partial charge in [0, 0.05) is 11.6 Å². The maximum absolute atomic E-state index is 12.9. The number of nitrogens with one attached hydrogen (secondary N) is 1. The molecule has 3 aromatic heterocycles. The molecule has 2 atom stereocenters. The van der Waals surface area contributed by atoms with Crippen LogP contribution in [-0.4, -0.2) is 21.9 Å². The van der Waals surface area contributed by atoms with Gasteiger partial charge in [0.05, 0.1) is 23.6 Å². The molecule has 0 bridgehead atoms. The SMILES string of the molecule is C[C@H]1CCCC[C@H]1NC(=O)c1ccc2nc(-c3ccco3)c(-c3ccco3)nc2c1. The Hall–Kier alpha value is -3.41. The Labute approximate surface area is 174 Å². The molecule has 6 nitrogen and oxygen atoms in total. The lowest BCUT2D eigenvalue weighted by atomic mass is 9.86. The molecular weight excluding hydrogens is 378 g/mol. The number of fused-ring (bicyclic) bond motifs is 1. The van der Waals surface area contributed by atoms with Crippen molar-refractivity contribution < 1.29 is 13.6 Å². The summed E-state index contributed by atoms with van der Waals surface area (Å²) >= 11 is 0. The third-order valence-electron chi connectivity index (χ3n) is 5.86. The van der Waals surface area contributed by atoms with Crippen molar-refractivity contribution in [2.45, 2.75) is 38.6 Å². The first kappa shape index (κ1) is 18.6. The summed E-state index contributed by atoms with van der Waals surface area (Å²) in [5.74, 6) is 1.65. The number of aromatic nitrogens is 2. The van der Waals surface area contributed by atoms with E-state index < -0.39 is 0 Å². The van der Waals surface area contributed by atoms with Crippen molar-refractivity contribution in [2.75, 3.05) is 0 Å². The quantitative estimate of drug-likeness (QED) is 0.491. The number of carbonyl (C=O) groups is 1. The maximum atomic E-state index is 12.9. The lowest BCUT2D eigenvalue weighted by Crippen LogP contribution is -2.41. The van der Waals surface area contributed by atoms with Crippen LogP contribution in [0.1, 0.15) is 43.0 Å². The van der Waals surface area contributed by atoms with E-state index in [1.165, 1.54) is 12.8 Å². The molecule has 0 aliphatic heterocycles. The molecule has 1 aromatic carbocycles. The van der Waals surface area contributed by atoms with E-state index in [2.05, 4.69) is 12.2 Å².